The van der Waals surface area contributed by atoms with Crippen molar-refractivity contribution in [2.45, 2.75) is 44.4 Å². The van der Waals surface area contributed by atoms with E-state index in [1.807, 2.05) is 25.1 Å². The van der Waals surface area contributed by atoms with Gasteiger partial charge in [-0.1, -0.05) is 44.2 Å². The summed E-state index contributed by atoms with van der Waals surface area (Å²) in [5, 5.41) is 3.03. The molecule has 0 aliphatic heterocycles. The van der Waals surface area contributed by atoms with Gasteiger partial charge in [-0.25, -0.2) is 13.1 Å². The van der Waals surface area contributed by atoms with E-state index in [1.54, 1.807) is 24.3 Å². The van der Waals surface area contributed by atoms with E-state index < -0.39 is 10.0 Å². The summed E-state index contributed by atoms with van der Waals surface area (Å²) in [6.07, 6.45) is 0.888. The Kier molecular flexibility index (Phi) is 6.56. The molecule has 0 aromatic heterocycles. The first kappa shape index (κ1) is 20.1. The van der Waals surface area contributed by atoms with Gasteiger partial charge in [0.15, 0.2) is 0 Å². The average Bonchev–Trinajstić information content (AvgIpc) is 2.61. The first-order valence-corrected chi connectivity index (χ1v) is 10.1. The van der Waals surface area contributed by atoms with Gasteiger partial charge in [0.25, 0.3) is 0 Å². The molecule has 0 unspecified atom stereocenters. The van der Waals surface area contributed by atoms with Crippen molar-refractivity contribution >= 4 is 21.6 Å². The maximum atomic E-state index is 12.4. The van der Waals surface area contributed by atoms with Crippen LogP contribution in [0.2, 0.25) is 0 Å². The summed E-state index contributed by atoms with van der Waals surface area (Å²) in [5.41, 5.74) is 3.98. The highest BCUT2D eigenvalue weighted by Gasteiger charge is 2.13. The summed E-state index contributed by atoms with van der Waals surface area (Å²) in [5.74, 6) is 0.278. The molecule has 6 heteroatoms. The fraction of sp³-hybridized carbons (Fsp3) is 0.350. The van der Waals surface area contributed by atoms with Gasteiger partial charge in [-0.05, 0) is 55.1 Å². The molecule has 0 atom stereocenters. The predicted octanol–water partition coefficient (Wildman–Crippen LogP) is 3.60. The number of hydrogen-bond donors (Lipinski definition) is 2. The number of carbonyl (C=O) groups excluding carboxylic acids is 1. The van der Waals surface area contributed by atoms with Crippen molar-refractivity contribution in [2.75, 3.05) is 12.4 Å². The molecule has 0 fully saturated rings. The van der Waals surface area contributed by atoms with Crippen LogP contribution in [0.25, 0.3) is 0 Å². The maximum Gasteiger partial charge on any atom is 0.240 e. The molecule has 0 spiro atoms. The van der Waals surface area contributed by atoms with Gasteiger partial charge in [-0.3, -0.25) is 4.79 Å². The molecule has 0 radical (unpaired) electrons. The van der Waals surface area contributed by atoms with Gasteiger partial charge in [0.05, 0.1) is 4.90 Å². The quantitative estimate of drug-likeness (QED) is 0.777. The molecule has 2 N–H and O–H groups in total. The third-order valence-corrected chi connectivity index (χ3v) is 5.76. The van der Waals surface area contributed by atoms with Gasteiger partial charge >= 0.3 is 0 Å². The summed E-state index contributed by atoms with van der Waals surface area (Å²) in [7, 11) is -2.05. The zero-order valence-electron chi connectivity index (χ0n) is 15.7. The van der Waals surface area contributed by atoms with Crippen molar-refractivity contribution < 1.29 is 13.2 Å². The zero-order chi connectivity index (χ0) is 19.3. The van der Waals surface area contributed by atoms with Crippen LogP contribution in [0.3, 0.4) is 0 Å². The van der Waals surface area contributed by atoms with E-state index in [0.717, 1.165) is 22.4 Å². The minimum absolute atomic E-state index is 0.0480. The van der Waals surface area contributed by atoms with E-state index in [1.165, 1.54) is 7.05 Å². The highest BCUT2D eigenvalue weighted by molar-refractivity contribution is 7.89. The number of para-hydroxylation sites is 1. The second-order valence-electron chi connectivity index (χ2n) is 6.59. The van der Waals surface area contributed by atoms with E-state index in [2.05, 4.69) is 23.9 Å². The summed E-state index contributed by atoms with van der Waals surface area (Å²) >= 11 is 0. The van der Waals surface area contributed by atoms with Crippen LogP contribution in [0.4, 0.5) is 5.69 Å². The van der Waals surface area contributed by atoms with Crippen molar-refractivity contribution in [1.82, 2.24) is 4.72 Å². The molecular formula is C20H26N2O3S. The number of anilines is 1. The topological polar surface area (TPSA) is 75.3 Å². The number of amides is 1. The third kappa shape index (κ3) is 4.93. The Bertz CT molecular complexity index is 872. The van der Waals surface area contributed by atoms with Gasteiger partial charge in [-0.15, -0.1) is 0 Å². The summed E-state index contributed by atoms with van der Waals surface area (Å²) < 4.78 is 25.7. The Morgan fingerprint density at radius 2 is 1.73 bits per heavy atom. The largest absolute Gasteiger partial charge is 0.326 e. The van der Waals surface area contributed by atoms with E-state index in [4.69, 9.17) is 0 Å². The zero-order valence-corrected chi connectivity index (χ0v) is 16.5. The number of sulfonamides is 1. The Balaban J connectivity index is 2.02. The summed E-state index contributed by atoms with van der Waals surface area (Å²) in [4.78, 5) is 12.6. The molecule has 0 saturated heterocycles. The molecule has 0 bridgehead atoms. The highest BCUT2D eigenvalue weighted by Crippen LogP contribution is 2.27. The number of aryl methyl sites for hydroxylation is 2. The normalized spacial score (nSPS) is 11.6. The van der Waals surface area contributed by atoms with Crippen molar-refractivity contribution in [2.24, 2.45) is 0 Å². The van der Waals surface area contributed by atoms with Gasteiger partial charge in [0.1, 0.15) is 0 Å². The molecule has 26 heavy (non-hydrogen) atoms. The Morgan fingerprint density at radius 3 is 2.31 bits per heavy atom. The Labute approximate surface area is 155 Å². The number of hydrogen-bond acceptors (Lipinski definition) is 3. The molecule has 0 heterocycles. The van der Waals surface area contributed by atoms with Crippen molar-refractivity contribution in [3.8, 4) is 0 Å². The average molecular weight is 375 g/mol. The third-order valence-electron chi connectivity index (χ3n) is 4.33. The number of benzene rings is 2. The van der Waals surface area contributed by atoms with Crippen molar-refractivity contribution in [1.29, 1.82) is 0 Å². The number of rotatable bonds is 7. The van der Waals surface area contributed by atoms with Crippen LogP contribution in [0.1, 0.15) is 42.9 Å². The lowest BCUT2D eigenvalue weighted by molar-refractivity contribution is -0.116. The van der Waals surface area contributed by atoms with Crippen LogP contribution in [0.5, 0.6) is 0 Å². The molecule has 140 valence electrons. The van der Waals surface area contributed by atoms with Gasteiger partial charge < -0.3 is 5.32 Å². The minimum atomic E-state index is -3.43. The van der Waals surface area contributed by atoms with Crippen LogP contribution in [0, 0.1) is 6.92 Å². The highest BCUT2D eigenvalue weighted by atomic mass is 32.2. The number of carbonyl (C=O) groups is 1. The first-order chi connectivity index (χ1) is 12.2. The molecule has 2 aromatic carbocycles. The summed E-state index contributed by atoms with van der Waals surface area (Å²) in [6, 6.07) is 12.6. The van der Waals surface area contributed by atoms with Crippen LogP contribution < -0.4 is 10.0 Å². The number of nitrogens with one attached hydrogen (secondary N) is 2. The van der Waals surface area contributed by atoms with Gasteiger partial charge in [-0.2, -0.15) is 0 Å². The lowest BCUT2D eigenvalue weighted by Crippen LogP contribution is -2.18. The first-order valence-electron chi connectivity index (χ1n) is 8.66. The molecule has 2 aromatic rings. The molecule has 1 amide bonds. The molecule has 0 aliphatic rings. The lowest BCUT2D eigenvalue weighted by Gasteiger charge is -2.16. The van der Waals surface area contributed by atoms with Crippen LogP contribution >= 0.6 is 0 Å². The monoisotopic (exact) mass is 374 g/mol. The standard InChI is InChI=1S/C20H26N2O3S/c1-14(2)18-7-5-6-15(3)20(18)22-19(23)13-10-16-8-11-17(12-9-16)26(24,25)21-4/h5-9,11-12,14,21H,10,13H2,1-4H3,(H,22,23). The Hall–Kier alpha value is -2.18. The predicted molar refractivity (Wildman–Crippen MR) is 105 cm³/mol. The van der Waals surface area contributed by atoms with Gasteiger partial charge in [0, 0.05) is 12.1 Å². The van der Waals surface area contributed by atoms with E-state index in [-0.39, 0.29) is 10.8 Å². The van der Waals surface area contributed by atoms with Crippen LogP contribution in [-0.4, -0.2) is 21.4 Å². The minimum Gasteiger partial charge on any atom is -0.326 e. The molecule has 0 aliphatic carbocycles. The van der Waals surface area contributed by atoms with Crippen molar-refractivity contribution in [3.05, 3.63) is 59.2 Å². The van der Waals surface area contributed by atoms with E-state index >= 15 is 0 Å². The fourth-order valence-electron chi connectivity index (χ4n) is 2.76. The second kappa shape index (κ2) is 8.47. The smallest absolute Gasteiger partial charge is 0.240 e. The van der Waals surface area contributed by atoms with Crippen LogP contribution in [0.15, 0.2) is 47.4 Å². The maximum absolute atomic E-state index is 12.4. The fourth-order valence-corrected chi connectivity index (χ4v) is 3.49. The SMILES string of the molecule is CNS(=O)(=O)c1ccc(CCC(=O)Nc2c(C)cccc2C(C)C)cc1. The van der Waals surface area contributed by atoms with Gasteiger partial charge in [0.2, 0.25) is 15.9 Å². The lowest BCUT2D eigenvalue weighted by atomic mass is 9.98. The van der Waals surface area contributed by atoms with E-state index in [0.29, 0.717) is 18.8 Å². The summed E-state index contributed by atoms with van der Waals surface area (Å²) in [6.45, 7) is 6.19. The molecule has 0 saturated carbocycles. The second-order valence-corrected chi connectivity index (χ2v) is 8.48. The van der Waals surface area contributed by atoms with E-state index in [9.17, 15) is 13.2 Å². The molecule has 2 rings (SSSR count). The van der Waals surface area contributed by atoms with Crippen LogP contribution in [-0.2, 0) is 21.2 Å². The molecule has 5 nitrogen and oxygen atoms in total. The van der Waals surface area contributed by atoms with Crippen molar-refractivity contribution in [3.63, 3.8) is 0 Å². The Morgan fingerprint density at radius 1 is 1.08 bits per heavy atom. The molecular weight excluding hydrogens is 348 g/mol.